The standard InChI is InChI=1S/C29H29Cl2N5O4S/c1-16(36-41(38)29(2,3)4)26-28(40-6)35-22(14-33-26)20-12-8-10-18(25(20)31)17-9-7-11-19(24(17)30)21-13-32-23(15-37)27(34-21)39-5/h7-16,36H,1-6H3. The maximum absolute atomic E-state index is 12.6. The van der Waals surface area contributed by atoms with E-state index in [0.717, 1.165) is 0 Å². The quantitative estimate of drug-likeness (QED) is 0.166. The van der Waals surface area contributed by atoms with Crippen molar-refractivity contribution in [1.82, 2.24) is 24.7 Å². The molecule has 0 spiro atoms. The van der Waals surface area contributed by atoms with E-state index in [1.165, 1.54) is 20.4 Å². The molecule has 9 nitrogen and oxygen atoms in total. The summed E-state index contributed by atoms with van der Waals surface area (Å²) in [5.41, 5.74) is 4.09. The highest BCUT2D eigenvalue weighted by atomic mass is 35.5. The summed E-state index contributed by atoms with van der Waals surface area (Å²) in [6, 6.07) is 10.6. The molecule has 0 saturated heterocycles. The van der Waals surface area contributed by atoms with E-state index >= 15 is 0 Å². The van der Waals surface area contributed by atoms with E-state index in [2.05, 4.69) is 24.7 Å². The second-order valence-electron chi connectivity index (χ2n) is 9.97. The van der Waals surface area contributed by atoms with E-state index in [0.29, 0.717) is 61.5 Å². The van der Waals surface area contributed by atoms with Crippen LogP contribution in [0.1, 0.15) is 49.9 Å². The normalized spacial score (nSPS) is 13.0. The minimum Gasteiger partial charge on any atom is -0.598 e. The molecule has 0 aliphatic rings. The summed E-state index contributed by atoms with van der Waals surface area (Å²) in [4.78, 5) is 29.0. The van der Waals surface area contributed by atoms with Crippen molar-refractivity contribution in [2.75, 3.05) is 14.2 Å². The van der Waals surface area contributed by atoms with Crippen molar-refractivity contribution in [1.29, 1.82) is 0 Å². The lowest BCUT2D eigenvalue weighted by molar-refractivity contribution is 0.111. The number of nitrogens with one attached hydrogen (secondary N) is 1. The number of aromatic nitrogens is 4. The first-order valence-corrected chi connectivity index (χ1v) is 14.4. The lowest BCUT2D eigenvalue weighted by atomic mass is 9.98. The zero-order valence-electron chi connectivity index (χ0n) is 23.4. The van der Waals surface area contributed by atoms with Crippen molar-refractivity contribution in [3.8, 4) is 45.4 Å². The molecule has 2 aromatic carbocycles. The summed E-state index contributed by atoms with van der Waals surface area (Å²) in [7, 11) is 2.92. The largest absolute Gasteiger partial charge is 0.598 e. The Morgan fingerprint density at radius 3 is 1.85 bits per heavy atom. The number of nitrogens with zero attached hydrogens (tertiary/aromatic N) is 4. The summed E-state index contributed by atoms with van der Waals surface area (Å²) >= 11 is 12.5. The van der Waals surface area contributed by atoms with Crippen LogP contribution in [0.2, 0.25) is 10.0 Å². The van der Waals surface area contributed by atoms with Gasteiger partial charge in [0.15, 0.2) is 12.0 Å². The number of carbonyl (C=O) groups is 1. The molecule has 0 aliphatic heterocycles. The fourth-order valence-corrected chi connectivity index (χ4v) is 5.40. The number of carbonyl (C=O) groups excluding carboxylic acids is 1. The molecule has 0 saturated carbocycles. The first kappa shape index (κ1) is 30.7. The third-order valence-electron chi connectivity index (χ3n) is 6.12. The second kappa shape index (κ2) is 12.7. The summed E-state index contributed by atoms with van der Waals surface area (Å²) < 4.78 is 26.0. The van der Waals surface area contributed by atoms with Crippen molar-refractivity contribution in [2.24, 2.45) is 0 Å². The van der Waals surface area contributed by atoms with Gasteiger partial charge < -0.3 is 14.0 Å². The first-order valence-electron chi connectivity index (χ1n) is 12.5. The average Bonchev–Trinajstić information content (AvgIpc) is 2.96. The van der Waals surface area contributed by atoms with Gasteiger partial charge >= 0.3 is 0 Å². The van der Waals surface area contributed by atoms with Gasteiger partial charge in [-0.2, -0.15) is 0 Å². The van der Waals surface area contributed by atoms with Crippen LogP contribution >= 0.6 is 23.2 Å². The van der Waals surface area contributed by atoms with E-state index in [4.69, 9.17) is 32.7 Å². The zero-order valence-corrected chi connectivity index (χ0v) is 25.7. The highest BCUT2D eigenvalue weighted by molar-refractivity contribution is 7.90. The maximum Gasteiger partial charge on any atom is 0.243 e. The van der Waals surface area contributed by atoms with Gasteiger partial charge in [-0.05, 0) is 27.7 Å². The number of rotatable bonds is 9. The summed E-state index contributed by atoms with van der Waals surface area (Å²) in [5, 5.41) is 0.808. The molecule has 1 N–H and O–H groups in total. The number of benzene rings is 2. The van der Waals surface area contributed by atoms with Crippen LogP contribution in [0.5, 0.6) is 11.8 Å². The number of halogens is 2. The predicted octanol–water partition coefficient (Wildman–Crippen LogP) is 6.52. The Bertz CT molecular complexity index is 1580. The van der Waals surface area contributed by atoms with Gasteiger partial charge in [0.25, 0.3) is 0 Å². The lowest BCUT2D eigenvalue weighted by Crippen LogP contribution is -2.40. The number of aldehydes is 1. The van der Waals surface area contributed by atoms with Gasteiger partial charge in [-0.1, -0.05) is 59.6 Å². The molecule has 0 aliphatic carbocycles. The Kier molecular flexibility index (Phi) is 9.51. The zero-order chi connectivity index (χ0) is 29.9. The highest BCUT2D eigenvalue weighted by Gasteiger charge is 2.30. The van der Waals surface area contributed by atoms with Gasteiger partial charge in [0.1, 0.15) is 10.4 Å². The second-order valence-corrected chi connectivity index (χ2v) is 12.7. The van der Waals surface area contributed by atoms with E-state index < -0.39 is 16.1 Å². The van der Waals surface area contributed by atoms with Gasteiger partial charge in [-0.3, -0.25) is 9.78 Å². The Morgan fingerprint density at radius 2 is 1.37 bits per heavy atom. The molecule has 2 atom stereocenters. The average molecular weight is 615 g/mol. The molecule has 0 fully saturated rings. The summed E-state index contributed by atoms with van der Waals surface area (Å²) in [6.45, 7) is 7.52. The van der Waals surface area contributed by atoms with E-state index in [1.807, 2.05) is 58.0 Å². The van der Waals surface area contributed by atoms with Crippen molar-refractivity contribution in [3.05, 3.63) is 70.2 Å². The number of ether oxygens (including phenoxy) is 2. The summed E-state index contributed by atoms with van der Waals surface area (Å²) in [5.74, 6) is 0.394. The van der Waals surface area contributed by atoms with Crippen LogP contribution in [0.25, 0.3) is 33.6 Å². The lowest BCUT2D eigenvalue weighted by Gasteiger charge is -2.26. The molecule has 12 heteroatoms. The van der Waals surface area contributed by atoms with E-state index in [9.17, 15) is 9.35 Å². The Labute approximate surface area is 252 Å². The van der Waals surface area contributed by atoms with Gasteiger partial charge in [0.05, 0.1) is 54.1 Å². The fourth-order valence-electron chi connectivity index (χ4n) is 3.97. The predicted molar refractivity (Wildman–Crippen MR) is 162 cm³/mol. The third kappa shape index (κ3) is 6.47. The maximum atomic E-state index is 12.6. The molecule has 2 unspecified atom stereocenters. The molecule has 2 aromatic heterocycles. The van der Waals surface area contributed by atoms with Crippen LogP contribution in [0.3, 0.4) is 0 Å². The highest BCUT2D eigenvalue weighted by Crippen LogP contribution is 2.42. The molecule has 0 radical (unpaired) electrons. The third-order valence-corrected chi connectivity index (χ3v) is 8.62. The Hall–Kier alpha value is -3.28. The number of hydrogen-bond donors (Lipinski definition) is 1. The van der Waals surface area contributed by atoms with Crippen LogP contribution in [-0.4, -0.2) is 49.7 Å². The topological polar surface area (TPSA) is 122 Å². The molecule has 4 rings (SSSR count). The minimum atomic E-state index is -1.31. The number of methoxy groups -OCH3 is 2. The molecule has 0 amide bonds. The molecule has 41 heavy (non-hydrogen) atoms. The fraction of sp³-hybridized carbons (Fsp3) is 0.276. The Balaban J connectivity index is 1.73. The van der Waals surface area contributed by atoms with E-state index in [-0.39, 0.29) is 17.6 Å². The van der Waals surface area contributed by atoms with Gasteiger partial charge in [0, 0.05) is 33.6 Å². The van der Waals surface area contributed by atoms with Crippen molar-refractivity contribution in [2.45, 2.75) is 38.5 Å². The minimum absolute atomic E-state index is 0.0921. The van der Waals surface area contributed by atoms with Crippen LogP contribution in [-0.2, 0) is 11.4 Å². The van der Waals surface area contributed by atoms with E-state index in [1.54, 1.807) is 12.3 Å². The number of hydrogen-bond acceptors (Lipinski definition) is 9. The van der Waals surface area contributed by atoms with Crippen LogP contribution in [0.15, 0.2) is 48.8 Å². The summed E-state index contributed by atoms with van der Waals surface area (Å²) in [6.07, 6.45) is 3.65. The van der Waals surface area contributed by atoms with Gasteiger partial charge in [-0.15, -0.1) is 4.72 Å². The van der Waals surface area contributed by atoms with Gasteiger partial charge in [0.2, 0.25) is 11.8 Å². The molecule has 2 heterocycles. The first-order chi connectivity index (χ1) is 19.5. The molecule has 4 aromatic rings. The van der Waals surface area contributed by atoms with Crippen LogP contribution < -0.4 is 14.2 Å². The van der Waals surface area contributed by atoms with Crippen LogP contribution in [0, 0.1) is 0 Å². The van der Waals surface area contributed by atoms with Crippen molar-refractivity contribution >= 4 is 40.8 Å². The smallest absolute Gasteiger partial charge is 0.243 e. The van der Waals surface area contributed by atoms with Gasteiger partial charge in [-0.25, -0.2) is 15.0 Å². The monoisotopic (exact) mass is 613 g/mol. The molecule has 0 bridgehead atoms. The van der Waals surface area contributed by atoms with Crippen molar-refractivity contribution < 1.29 is 18.8 Å². The van der Waals surface area contributed by atoms with Crippen molar-refractivity contribution in [3.63, 3.8) is 0 Å². The molecular weight excluding hydrogens is 585 g/mol. The molecule has 214 valence electrons. The Morgan fingerprint density at radius 1 is 0.878 bits per heavy atom. The SMILES string of the molecule is COc1nc(-c2cccc(-c3cccc(-c4cnc(C(C)N[S+]([O-])C(C)(C)C)c(OC)n4)c3Cl)c2Cl)cnc1C=O. The van der Waals surface area contributed by atoms with Crippen LogP contribution in [0.4, 0.5) is 0 Å². The molecular formula is C29H29Cl2N5O4S.